The summed E-state index contributed by atoms with van der Waals surface area (Å²) in [5.41, 5.74) is 8.47. The van der Waals surface area contributed by atoms with Crippen LogP contribution >= 0.6 is 11.3 Å². The van der Waals surface area contributed by atoms with Gasteiger partial charge in [-0.3, -0.25) is 0 Å². The van der Waals surface area contributed by atoms with Gasteiger partial charge in [-0.25, -0.2) is 0 Å². The maximum atomic E-state index is 6.33. The fraction of sp³-hybridized carbons (Fsp3) is 0. The largest absolute Gasteiger partial charge is 0.456 e. The molecule has 0 bridgehead atoms. The fourth-order valence-corrected chi connectivity index (χ4v) is 9.31. The number of benzene rings is 9. The van der Waals surface area contributed by atoms with Crippen LogP contribution in [0.15, 0.2) is 199 Å². The Balaban J connectivity index is 1.21. The van der Waals surface area contributed by atoms with Gasteiger partial charge in [-0.15, -0.1) is 11.3 Å². The molecule has 9 aromatic carbocycles. The number of thiophene rings is 1. The van der Waals surface area contributed by atoms with Gasteiger partial charge in [0, 0.05) is 59.1 Å². The van der Waals surface area contributed by atoms with Crippen LogP contribution in [0.1, 0.15) is 0 Å². The lowest BCUT2D eigenvalue weighted by Gasteiger charge is -2.29. The highest BCUT2D eigenvalue weighted by Gasteiger charge is 2.23. The molecule has 0 aliphatic heterocycles. The summed E-state index contributed by atoms with van der Waals surface area (Å²) in [6.07, 6.45) is 0. The molecule has 2 heterocycles. The molecule has 0 radical (unpaired) electrons. The maximum absolute atomic E-state index is 6.33. The minimum atomic E-state index is 0.883. The first-order valence-corrected chi connectivity index (χ1v) is 19.1. The van der Waals surface area contributed by atoms with E-state index in [1.165, 1.54) is 41.7 Å². The third kappa shape index (κ3) is 4.88. The Morgan fingerprint density at radius 3 is 1.74 bits per heavy atom. The zero-order valence-corrected chi connectivity index (χ0v) is 30.0. The molecule has 0 atom stereocenters. The highest BCUT2D eigenvalue weighted by Crippen LogP contribution is 2.49. The molecule has 2 aromatic heterocycles. The molecule has 4 heteroatoms. The van der Waals surface area contributed by atoms with Crippen molar-refractivity contribution >= 4 is 109 Å². The van der Waals surface area contributed by atoms with Crippen LogP contribution in [0.2, 0.25) is 0 Å². The van der Waals surface area contributed by atoms with E-state index in [2.05, 4.69) is 192 Å². The fourth-order valence-electron chi connectivity index (χ4n) is 8.20. The molecule has 11 rings (SSSR count). The van der Waals surface area contributed by atoms with E-state index >= 15 is 0 Å². The van der Waals surface area contributed by atoms with E-state index < -0.39 is 0 Å². The minimum Gasteiger partial charge on any atom is -0.456 e. The molecule has 54 heavy (non-hydrogen) atoms. The molecule has 0 N–H and O–H groups in total. The second-order valence-electron chi connectivity index (χ2n) is 13.7. The monoisotopic (exact) mass is 708 g/mol. The SMILES string of the molecule is c1ccc(N(c2ccccc2)c2ccc3sc4cccc(N(c5ccc6oc7ccccc7c6c5)c5cc6ccccc6c6ccccc56)c4c3c2)cc1. The van der Waals surface area contributed by atoms with Crippen LogP contribution in [0.3, 0.4) is 0 Å². The van der Waals surface area contributed by atoms with E-state index in [-0.39, 0.29) is 0 Å². The van der Waals surface area contributed by atoms with Crippen molar-refractivity contribution in [3.63, 3.8) is 0 Å². The Bertz CT molecular complexity index is 3140. The number of anilines is 6. The van der Waals surface area contributed by atoms with Gasteiger partial charge in [0.05, 0.1) is 11.4 Å². The number of hydrogen-bond acceptors (Lipinski definition) is 4. The average molecular weight is 709 g/mol. The number of rotatable bonds is 6. The van der Waals surface area contributed by atoms with E-state index in [1.807, 2.05) is 23.5 Å². The second-order valence-corrected chi connectivity index (χ2v) is 14.8. The molecule has 0 aliphatic carbocycles. The van der Waals surface area contributed by atoms with E-state index in [9.17, 15) is 0 Å². The highest BCUT2D eigenvalue weighted by atomic mass is 32.1. The Kier molecular flexibility index (Phi) is 7.04. The van der Waals surface area contributed by atoms with Crippen molar-refractivity contribution in [2.24, 2.45) is 0 Å². The van der Waals surface area contributed by atoms with Crippen LogP contribution in [0.5, 0.6) is 0 Å². The Labute approximate surface area is 316 Å². The topological polar surface area (TPSA) is 19.6 Å². The molecule has 0 amide bonds. The molecule has 254 valence electrons. The predicted molar refractivity (Wildman–Crippen MR) is 231 cm³/mol. The molecule has 0 saturated heterocycles. The minimum absolute atomic E-state index is 0.883. The van der Waals surface area contributed by atoms with Crippen molar-refractivity contribution in [2.45, 2.75) is 0 Å². The summed E-state index contributed by atoms with van der Waals surface area (Å²) in [5.74, 6) is 0. The standard InChI is InChI=1S/C50H32N2OS/c1-3-15-34(16-4-1)51(35-17-5-2-6-18-35)36-27-29-48-43(32-36)50-44(23-13-25-49(50)54-48)52(37-26-28-47-42(31-37)41-22-11-12-24-46(41)53-47)45-30-33-14-7-8-19-38(33)39-20-9-10-21-40(39)45/h1-32H. The van der Waals surface area contributed by atoms with Crippen molar-refractivity contribution in [1.29, 1.82) is 0 Å². The number of hydrogen-bond donors (Lipinski definition) is 0. The molecular weight excluding hydrogens is 677 g/mol. The summed E-state index contributed by atoms with van der Waals surface area (Å²) < 4.78 is 8.83. The van der Waals surface area contributed by atoms with Gasteiger partial charge in [0.15, 0.2) is 0 Å². The van der Waals surface area contributed by atoms with Crippen molar-refractivity contribution in [1.82, 2.24) is 0 Å². The lowest BCUT2D eigenvalue weighted by atomic mass is 9.98. The number of nitrogens with zero attached hydrogens (tertiary/aromatic N) is 2. The van der Waals surface area contributed by atoms with Crippen LogP contribution < -0.4 is 9.80 Å². The Morgan fingerprint density at radius 1 is 0.333 bits per heavy atom. The van der Waals surface area contributed by atoms with E-state index in [4.69, 9.17) is 4.42 Å². The molecule has 0 fully saturated rings. The van der Waals surface area contributed by atoms with E-state index in [0.29, 0.717) is 0 Å². The van der Waals surface area contributed by atoms with E-state index in [1.54, 1.807) is 0 Å². The van der Waals surface area contributed by atoms with Crippen molar-refractivity contribution in [3.05, 3.63) is 194 Å². The first-order chi connectivity index (χ1) is 26.8. The Hall–Kier alpha value is -6.88. The normalized spacial score (nSPS) is 11.7. The zero-order chi connectivity index (χ0) is 35.6. The van der Waals surface area contributed by atoms with Crippen molar-refractivity contribution in [2.75, 3.05) is 9.80 Å². The van der Waals surface area contributed by atoms with Gasteiger partial charge >= 0.3 is 0 Å². The molecular formula is C50H32N2OS. The molecule has 0 spiro atoms. The summed E-state index contributed by atoms with van der Waals surface area (Å²) in [6, 6.07) is 69.8. The summed E-state index contributed by atoms with van der Waals surface area (Å²) in [4.78, 5) is 4.82. The predicted octanol–water partition coefficient (Wildman–Crippen LogP) is 15.2. The highest BCUT2D eigenvalue weighted by molar-refractivity contribution is 7.26. The molecule has 0 aliphatic rings. The van der Waals surface area contributed by atoms with Crippen LogP contribution in [0.4, 0.5) is 34.1 Å². The Morgan fingerprint density at radius 2 is 0.944 bits per heavy atom. The maximum Gasteiger partial charge on any atom is 0.135 e. The summed E-state index contributed by atoms with van der Waals surface area (Å²) >= 11 is 1.85. The van der Waals surface area contributed by atoms with Gasteiger partial charge in [0.2, 0.25) is 0 Å². The van der Waals surface area contributed by atoms with Gasteiger partial charge in [-0.1, -0.05) is 109 Å². The van der Waals surface area contributed by atoms with Crippen LogP contribution in [-0.2, 0) is 0 Å². The lowest BCUT2D eigenvalue weighted by Crippen LogP contribution is -2.11. The number of furan rings is 1. The molecule has 0 saturated carbocycles. The average Bonchev–Trinajstić information content (AvgIpc) is 3.80. The number of para-hydroxylation sites is 3. The van der Waals surface area contributed by atoms with Gasteiger partial charge in [0.1, 0.15) is 11.2 Å². The summed E-state index contributed by atoms with van der Waals surface area (Å²) in [5, 5.41) is 9.56. The smallest absolute Gasteiger partial charge is 0.135 e. The molecule has 11 aromatic rings. The molecule has 3 nitrogen and oxygen atoms in total. The summed E-state index contributed by atoms with van der Waals surface area (Å²) in [6.45, 7) is 0. The van der Waals surface area contributed by atoms with E-state index in [0.717, 1.165) is 56.1 Å². The summed E-state index contributed by atoms with van der Waals surface area (Å²) in [7, 11) is 0. The third-order valence-corrected chi connectivity index (χ3v) is 11.7. The van der Waals surface area contributed by atoms with Gasteiger partial charge < -0.3 is 14.2 Å². The first kappa shape index (κ1) is 30.7. The quantitative estimate of drug-likeness (QED) is 0.160. The van der Waals surface area contributed by atoms with Gasteiger partial charge in [0.25, 0.3) is 0 Å². The lowest BCUT2D eigenvalue weighted by molar-refractivity contribution is 0.669. The molecule has 0 unspecified atom stereocenters. The van der Waals surface area contributed by atoms with Gasteiger partial charge in [-0.05, 0) is 101 Å². The first-order valence-electron chi connectivity index (χ1n) is 18.3. The van der Waals surface area contributed by atoms with Crippen LogP contribution in [0.25, 0.3) is 63.7 Å². The second kappa shape index (κ2) is 12.4. The van der Waals surface area contributed by atoms with Gasteiger partial charge in [-0.2, -0.15) is 0 Å². The van der Waals surface area contributed by atoms with Crippen molar-refractivity contribution < 1.29 is 4.42 Å². The van der Waals surface area contributed by atoms with Crippen LogP contribution in [-0.4, -0.2) is 0 Å². The number of fused-ring (bicyclic) bond motifs is 9. The van der Waals surface area contributed by atoms with Crippen LogP contribution in [0, 0.1) is 0 Å². The van der Waals surface area contributed by atoms with Crippen molar-refractivity contribution in [3.8, 4) is 0 Å². The zero-order valence-electron chi connectivity index (χ0n) is 29.2. The third-order valence-electron chi connectivity index (χ3n) is 10.6.